The van der Waals surface area contributed by atoms with E-state index in [1.54, 1.807) is 13.3 Å². The Morgan fingerprint density at radius 1 is 1.05 bits per heavy atom. The zero-order valence-corrected chi connectivity index (χ0v) is 21.7. The predicted octanol–water partition coefficient (Wildman–Crippen LogP) is 4.87. The highest BCUT2D eigenvalue weighted by atomic mass is 16.5. The van der Waals surface area contributed by atoms with Gasteiger partial charge in [0, 0.05) is 73.0 Å². The molecule has 0 saturated carbocycles. The number of nitrogens with zero attached hydrogens (tertiary/aromatic N) is 4. The quantitative estimate of drug-likeness (QED) is 0.388. The second kappa shape index (κ2) is 9.85. The van der Waals surface area contributed by atoms with Gasteiger partial charge >= 0.3 is 6.03 Å². The number of rotatable bonds is 5. The highest BCUT2D eigenvalue weighted by molar-refractivity contribution is 6.15. The third-order valence-electron chi connectivity index (χ3n) is 7.83. The van der Waals surface area contributed by atoms with Crippen LogP contribution in [0.15, 0.2) is 67.0 Å². The second-order valence-corrected chi connectivity index (χ2v) is 10.0. The minimum Gasteiger partial charge on any atom is -0.497 e. The molecule has 0 atom stereocenters. The van der Waals surface area contributed by atoms with Crippen LogP contribution >= 0.6 is 0 Å². The Morgan fingerprint density at radius 3 is 2.68 bits per heavy atom. The van der Waals surface area contributed by atoms with Crippen molar-refractivity contribution in [3.63, 3.8) is 0 Å². The number of piperidine rings is 1. The summed E-state index contributed by atoms with van der Waals surface area (Å²) >= 11 is 0. The molecule has 1 N–H and O–H groups in total. The van der Waals surface area contributed by atoms with E-state index in [-0.39, 0.29) is 17.9 Å². The molecule has 8 nitrogen and oxygen atoms in total. The molecule has 8 heteroatoms. The van der Waals surface area contributed by atoms with E-state index < -0.39 is 0 Å². The van der Waals surface area contributed by atoms with Gasteiger partial charge in [-0.3, -0.25) is 9.78 Å². The molecule has 6 rings (SSSR count). The van der Waals surface area contributed by atoms with Gasteiger partial charge in [0.05, 0.1) is 7.11 Å². The first-order chi connectivity index (χ1) is 18.5. The van der Waals surface area contributed by atoms with E-state index in [2.05, 4.69) is 15.2 Å². The number of nitrogens with one attached hydrogen (secondary N) is 1. The van der Waals surface area contributed by atoms with Gasteiger partial charge in [0.2, 0.25) is 5.78 Å². The average molecular weight is 510 g/mol. The maximum Gasteiger partial charge on any atom is 0.322 e. The Morgan fingerprint density at radius 2 is 1.87 bits per heavy atom. The number of hydrogen-bond acceptors (Lipinski definition) is 5. The van der Waals surface area contributed by atoms with Crippen LogP contribution in [-0.4, -0.2) is 59.1 Å². The van der Waals surface area contributed by atoms with Crippen LogP contribution < -0.4 is 15.0 Å². The van der Waals surface area contributed by atoms with Crippen molar-refractivity contribution >= 4 is 34.1 Å². The Labute approximate surface area is 221 Å². The zero-order chi connectivity index (χ0) is 26.2. The number of para-hydroxylation sites is 1. The number of amides is 2. The molecule has 0 spiro atoms. The van der Waals surface area contributed by atoms with Crippen LogP contribution in [0.4, 0.5) is 16.2 Å². The topological polar surface area (TPSA) is 79.7 Å². The number of urea groups is 1. The van der Waals surface area contributed by atoms with Crippen LogP contribution in [-0.2, 0) is 13.5 Å². The lowest BCUT2D eigenvalue weighted by Gasteiger charge is -2.39. The number of ether oxygens (including phenoxy) is 1. The fourth-order valence-electron chi connectivity index (χ4n) is 5.74. The minimum atomic E-state index is -0.0732. The van der Waals surface area contributed by atoms with Crippen molar-refractivity contribution in [1.29, 1.82) is 0 Å². The third-order valence-corrected chi connectivity index (χ3v) is 7.83. The largest absolute Gasteiger partial charge is 0.497 e. The summed E-state index contributed by atoms with van der Waals surface area (Å²) in [6.45, 7) is 2.29. The average Bonchev–Trinajstić information content (AvgIpc) is 3.20. The molecule has 1 saturated heterocycles. The lowest BCUT2D eigenvalue weighted by molar-refractivity contribution is 0.103. The number of fused-ring (bicyclic) bond motifs is 2. The van der Waals surface area contributed by atoms with Crippen LogP contribution in [0.1, 0.15) is 34.5 Å². The molecular formula is C30H31N5O3. The van der Waals surface area contributed by atoms with Gasteiger partial charge in [-0.25, -0.2) is 4.79 Å². The fraction of sp³-hybridized carbons (Fsp3) is 0.300. The Balaban J connectivity index is 1.14. The fourth-order valence-corrected chi connectivity index (χ4v) is 5.74. The number of aryl methyl sites for hydroxylation is 1. The molecule has 4 heterocycles. The molecular weight excluding hydrogens is 478 g/mol. The molecule has 1 fully saturated rings. The van der Waals surface area contributed by atoms with Crippen LogP contribution in [0.5, 0.6) is 5.75 Å². The van der Waals surface area contributed by atoms with E-state index >= 15 is 0 Å². The normalized spacial score (nSPS) is 16.2. The SMILES string of the molecule is COc1ccc2c(c1)CCN(C1CCN(c3ccnc(C(=O)c4cn(C)c5ccccc45)c3)CC1)C(=O)N2. The number of hydrogen-bond donors (Lipinski definition) is 1. The molecule has 2 aromatic carbocycles. The third kappa shape index (κ3) is 4.36. The van der Waals surface area contributed by atoms with E-state index in [1.807, 2.05) is 77.3 Å². The number of anilines is 2. The number of carbonyl (C=O) groups is 2. The molecule has 38 heavy (non-hydrogen) atoms. The van der Waals surface area contributed by atoms with Crippen molar-refractivity contribution in [1.82, 2.24) is 14.5 Å². The van der Waals surface area contributed by atoms with Gasteiger partial charge < -0.3 is 24.4 Å². The first-order valence-electron chi connectivity index (χ1n) is 13.1. The first-order valence-corrected chi connectivity index (χ1v) is 13.1. The van der Waals surface area contributed by atoms with Gasteiger partial charge in [-0.1, -0.05) is 18.2 Å². The second-order valence-electron chi connectivity index (χ2n) is 10.0. The predicted molar refractivity (Wildman–Crippen MR) is 148 cm³/mol. The molecule has 2 amide bonds. The van der Waals surface area contributed by atoms with Crippen molar-refractivity contribution in [3.05, 3.63) is 83.8 Å². The van der Waals surface area contributed by atoms with Gasteiger partial charge in [-0.05, 0) is 61.2 Å². The molecule has 0 unspecified atom stereocenters. The number of carbonyl (C=O) groups excluding carboxylic acids is 2. The Hall–Kier alpha value is -4.33. The summed E-state index contributed by atoms with van der Waals surface area (Å²) in [5, 5.41) is 4.02. The van der Waals surface area contributed by atoms with Crippen molar-refractivity contribution in [2.24, 2.45) is 7.05 Å². The van der Waals surface area contributed by atoms with E-state index in [0.29, 0.717) is 17.8 Å². The molecule has 194 valence electrons. The zero-order valence-electron chi connectivity index (χ0n) is 21.7. The van der Waals surface area contributed by atoms with E-state index in [4.69, 9.17) is 4.74 Å². The Bertz CT molecular complexity index is 1520. The minimum absolute atomic E-state index is 0.0424. The highest BCUT2D eigenvalue weighted by Crippen LogP contribution is 2.29. The molecule has 2 aliphatic rings. The molecule has 4 aromatic rings. The van der Waals surface area contributed by atoms with Crippen molar-refractivity contribution in [3.8, 4) is 5.75 Å². The number of ketones is 1. The maximum absolute atomic E-state index is 13.4. The van der Waals surface area contributed by atoms with Crippen molar-refractivity contribution in [2.75, 3.05) is 37.0 Å². The summed E-state index contributed by atoms with van der Waals surface area (Å²) in [6.07, 6.45) is 6.11. The van der Waals surface area contributed by atoms with Crippen molar-refractivity contribution in [2.45, 2.75) is 25.3 Å². The maximum atomic E-state index is 13.4. The highest BCUT2D eigenvalue weighted by Gasteiger charge is 2.30. The number of aromatic nitrogens is 2. The van der Waals surface area contributed by atoms with Crippen molar-refractivity contribution < 1.29 is 14.3 Å². The molecule has 2 aliphatic heterocycles. The number of pyridine rings is 1. The Kier molecular flexibility index (Phi) is 6.23. The summed E-state index contributed by atoms with van der Waals surface area (Å²) in [5.41, 5.74) is 5.07. The lowest BCUT2D eigenvalue weighted by atomic mass is 10.0. The summed E-state index contributed by atoms with van der Waals surface area (Å²) in [7, 11) is 3.61. The van der Waals surface area contributed by atoms with Crippen LogP contribution in [0, 0.1) is 0 Å². The standard InChI is InChI=1S/C30H31N5O3/c1-33-19-25(24-5-3-4-6-28(24)33)29(36)27-18-22(9-13-31-27)34-14-11-21(12-15-34)35-16-10-20-17-23(38-2)7-8-26(20)32-30(35)37/h3-9,13,17-19,21H,10-12,14-16H2,1-2H3,(H,32,37). The summed E-state index contributed by atoms with van der Waals surface area (Å²) < 4.78 is 7.33. The van der Waals surface area contributed by atoms with Gasteiger partial charge in [-0.2, -0.15) is 0 Å². The molecule has 0 bridgehead atoms. The van der Waals surface area contributed by atoms with Crippen LogP contribution in [0.2, 0.25) is 0 Å². The van der Waals surface area contributed by atoms with Gasteiger partial charge in [-0.15, -0.1) is 0 Å². The lowest BCUT2D eigenvalue weighted by Crippen LogP contribution is -2.49. The van der Waals surface area contributed by atoms with Crippen LogP contribution in [0.25, 0.3) is 10.9 Å². The smallest absolute Gasteiger partial charge is 0.322 e. The molecule has 2 aromatic heterocycles. The van der Waals surface area contributed by atoms with E-state index in [9.17, 15) is 9.59 Å². The number of methoxy groups -OCH3 is 1. The molecule has 0 aliphatic carbocycles. The van der Waals surface area contributed by atoms with Crippen LogP contribution in [0.3, 0.4) is 0 Å². The molecule has 0 radical (unpaired) electrons. The van der Waals surface area contributed by atoms with Gasteiger partial charge in [0.1, 0.15) is 11.4 Å². The monoisotopic (exact) mass is 509 g/mol. The van der Waals surface area contributed by atoms with E-state index in [0.717, 1.165) is 65.9 Å². The summed E-state index contributed by atoms with van der Waals surface area (Å²) in [4.78, 5) is 35.1. The van der Waals surface area contributed by atoms with E-state index in [1.165, 1.54) is 0 Å². The summed E-state index contributed by atoms with van der Waals surface area (Å²) in [6, 6.07) is 17.7. The first kappa shape index (κ1) is 24.0. The number of benzene rings is 2. The van der Waals surface area contributed by atoms with Gasteiger partial charge in [0.25, 0.3) is 0 Å². The summed E-state index contributed by atoms with van der Waals surface area (Å²) in [5.74, 6) is 0.728. The van der Waals surface area contributed by atoms with Gasteiger partial charge in [0.15, 0.2) is 0 Å².